The van der Waals surface area contributed by atoms with Crippen molar-refractivity contribution in [2.45, 2.75) is 9.62 Å². The summed E-state index contributed by atoms with van der Waals surface area (Å²) in [5.41, 5.74) is 10.1. The Morgan fingerprint density at radius 3 is 1.81 bits per heavy atom. The van der Waals surface area contributed by atoms with Crippen LogP contribution in [0.4, 0.5) is 0 Å². The van der Waals surface area contributed by atoms with E-state index in [1.807, 2.05) is 0 Å². The van der Waals surface area contributed by atoms with Gasteiger partial charge in [-0.05, 0) is 45.5 Å². The minimum Gasteiger partial charge on any atom is -0.306 e. The average Bonchev–Trinajstić information content (AvgIpc) is 3.81. The molecular weight excluding hydrogens is 529 g/mol. The highest BCUT2D eigenvalue weighted by Gasteiger charge is 2.73. The van der Waals surface area contributed by atoms with Gasteiger partial charge in [0.15, 0.2) is 0 Å². The molecule has 200 valence electrons. The lowest BCUT2D eigenvalue weighted by Crippen LogP contribution is -2.43. The molecule has 1 saturated heterocycles. The maximum absolute atomic E-state index is 5.43. The number of allylic oxidation sites excluding steroid dienone is 3. The van der Waals surface area contributed by atoms with Crippen molar-refractivity contribution < 1.29 is 0 Å². The normalized spacial score (nSPS) is 25.1. The Morgan fingerprint density at radius 1 is 0.619 bits per heavy atom. The van der Waals surface area contributed by atoms with Crippen molar-refractivity contribution in [1.82, 2.24) is 9.55 Å². The Balaban J connectivity index is 1.43. The van der Waals surface area contributed by atoms with E-state index in [9.17, 15) is 0 Å². The van der Waals surface area contributed by atoms with E-state index in [0.29, 0.717) is 0 Å². The topological polar surface area (TPSA) is 17.8 Å². The molecule has 1 fully saturated rings. The van der Waals surface area contributed by atoms with Crippen LogP contribution >= 0.6 is 11.8 Å². The highest BCUT2D eigenvalue weighted by molar-refractivity contribution is 8.02. The van der Waals surface area contributed by atoms with Crippen molar-refractivity contribution in [2.24, 2.45) is 11.8 Å². The van der Waals surface area contributed by atoms with Crippen LogP contribution in [-0.4, -0.2) is 9.55 Å². The summed E-state index contributed by atoms with van der Waals surface area (Å²) in [6.07, 6.45) is 4.94. The number of rotatable bonds is 4. The summed E-state index contributed by atoms with van der Waals surface area (Å²) in [6.45, 7) is 0. The molecule has 0 amide bonds. The molecule has 3 heterocycles. The number of aromatic nitrogens is 2. The first-order valence-corrected chi connectivity index (χ1v) is 15.5. The lowest BCUT2D eigenvalue weighted by molar-refractivity contribution is 0.281. The molecule has 2 bridgehead atoms. The van der Waals surface area contributed by atoms with Crippen LogP contribution in [0.25, 0.3) is 16.6 Å². The summed E-state index contributed by atoms with van der Waals surface area (Å²) in [6, 6.07) is 52.9. The summed E-state index contributed by atoms with van der Waals surface area (Å²) in [7, 11) is 0. The number of hydrogen-bond donors (Lipinski definition) is 0. The highest BCUT2D eigenvalue weighted by Crippen LogP contribution is 2.77. The second-order valence-electron chi connectivity index (χ2n) is 11.5. The van der Waals surface area contributed by atoms with Gasteiger partial charge in [-0.3, -0.25) is 0 Å². The van der Waals surface area contributed by atoms with Gasteiger partial charge >= 0.3 is 0 Å². The Bertz CT molecular complexity index is 1970. The van der Waals surface area contributed by atoms with Gasteiger partial charge in [-0.1, -0.05) is 146 Å². The van der Waals surface area contributed by atoms with Crippen LogP contribution in [0.2, 0.25) is 0 Å². The standard InChI is InChI=1S/C39H28N2S/c1-5-15-27(16-6-1)35(28-17-7-2-8-18-28)31-25-26-32-36(31)39(30-21-11-4-12-22-30)41-34-24-14-13-23-33(34)40-37(41)38(32,42-39)29-19-9-3-10-20-29/h1-26,32,36H/t32-,36-,38-,39-/m1/s1. The summed E-state index contributed by atoms with van der Waals surface area (Å²) in [5.74, 6) is 1.61. The molecule has 0 unspecified atom stereocenters. The molecule has 1 aromatic heterocycles. The van der Waals surface area contributed by atoms with Crippen LogP contribution in [0, 0.1) is 11.8 Å². The minimum atomic E-state index is -0.374. The van der Waals surface area contributed by atoms with Gasteiger partial charge < -0.3 is 4.57 Å². The van der Waals surface area contributed by atoms with Gasteiger partial charge in [-0.15, -0.1) is 11.8 Å². The molecule has 42 heavy (non-hydrogen) atoms. The Hall–Kier alpha value is -4.60. The van der Waals surface area contributed by atoms with E-state index < -0.39 is 0 Å². The summed E-state index contributed by atoms with van der Waals surface area (Å²) in [4.78, 5) is 5.06. The van der Waals surface area contributed by atoms with Crippen LogP contribution in [0.5, 0.6) is 0 Å². The largest absolute Gasteiger partial charge is 0.306 e. The van der Waals surface area contributed by atoms with Gasteiger partial charge in [0, 0.05) is 11.8 Å². The molecule has 3 aliphatic rings. The Morgan fingerprint density at radius 2 is 1.17 bits per heavy atom. The van der Waals surface area contributed by atoms with Crippen molar-refractivity contribution in [1.29, 1.82) is 0 Å². The number of benzene rings is 5. The molecule has 4 atom stereocenters. The fourth-order valence-corrected chi connectivity index (χ4v) is 10.1. The zero-order valence-electron chi connectivity index (χ0n) is 23.0. The first-order valence-electron chi connectivity index (χ1n) is 14.7. The molecule has 9 rings (SSSR count). The smallest absolute Gasteiger partial charge is 0.132 e. The van der Waals surface area contributed by atoms with Crippen LogP contribution in [0.15, 0.2) is 163 Å². The van der Waals surface area contributed by atoms with Crippen LogP contribution in [0.3, 0.4) is 0 Å². The molecule has 2 nitrogen and oxygen atoms in total. The first kappa shape index (κ1) is 24.0. The second-order valence-corrected chi connectivity index (χ2v) is 12.9. The third kappa shape index (κ3) is 3.04. The van der Waals surface area contributed by atoms with E-state index in [1.165, 1.54) is 38.9 Å². The zero-order valence-corrected chi connectivity index (χ0v) is 23.8. The number of thioether (sulfide) groups is 1. The van der Waals surface area contributed by atoms with E-state index in [0.717, 1.165) is 11.3 Å². The van der Waals surface area contributed by atoms with Gasteiger partial charge in [0.1, 0.15) is 15.4 Å². The van der Waals surface area contributed by atoms with Crippen molar-refractivity contribution in [2.75, 3.05) is 0 Å². The van der Waals surface area contributed by atoms with Crippen molar-refractivity contribution in [3.8, 4) is 0 Å². The van der Waals surface area contributed by atoms with E-state index >= 15 is 0 Å². The van der Waals surface area contributed by atoms with Crippen LogP contribution in [-0.2, 0) is 9.62 Å². The molecule has 5 aromatic carbocycles. The maximum atomic E-state index is 5.43. The fourth-order valence-electron chi connectivity index (χ4n) is 7.87. The molecule has 0 radical (unpaired) electrons. The third-order valence-electron chi connectivity index (χ3n) is 9.41. The minimum absolute atomic E-state index is 0.200. The number of imidazole rings is 1. The lowest BCUT2D eigenvalue weighted by Gasteiger charge is -2.40. The van der Waals surface area contributed by atoms with Crippen molar-refractivity contribution in [3.05, 3.63) is 191 Å². The first-order chi connectivity index (χ1) is 20.8. The third-order valence-corrected chi connectivity index (χ3v) is 11.4. The Labute approximate surface area is 250 Å². The number of fused-ring (bicyclic) bond motifs is 10. The highest BCUT2D eigenvalue weighted by atomic mass is 32.2. The van der Waals surface area contributed by atoms with Crippen molar-refractivity contribution >= 4 is 28.4 Å². The van der Waals surface area contributed by atoms with Crippen LogP contribution in [0.1, 0.15) is 28.1 Å². The van der Waals surface area contributed by atoms with Gasteiger partial charge in [0.05, 0.1) is 11.0 Å². The lowest BCUT2D eigenvalue weighted by atomic mass is 9.69. The zero-order chi connectivity index (χ0) is 27.7. The molecule has 2 aliphatic heterocycles. The summed E-state index contributed by atoms with van der Waals surface area (Å²) < 4.78 is 2.29. The predicted octanol–water partition coefficient (Wildman–Crippen LogP) is 9.05. The number of para-hydroxylation sites is 2. The van der Waals surface area contributed by atoms with Gasteiger partial charge in [0.2, 0.25) is 0 Å². The van der Waals surface area contributed by atoms with E-state index in [2.05, 4.69) is 174 Å². The number of nitrogens with zero attached hydrogens (tertiary/aromatic N) is 2. The van der Waals surface area contributed by atoms with E-state index in [4.69, 9.17) is 4.98 Å². The molecule has 0 N–H and O–H groups in total. The van der Waals surface area contributed by atoms with Gasteiger partial charge in [-0.25, -0.2) is 4.98 Å². The monoisotopic (exact) mass is 556 g/mol. The maximum Gasteiger partial charge on any atom is 0.132 e. The molecule has 3 heteroatoms. The molecule has 6 aromatic rings. The van der Waals surface area contributed by atoms with E-state index in [1.54, 1.807) is 0 Å². The SMILES string of the molecule is C1=C[C@@H]2[C@@H](C1=C(c1ccccc1)c1ccccc1)[C@@]1(c3ccccc3)S[C@@]2(c2ccccc2)c2nc3ccccc3n21. The van der Waals surface area contributed by atoms with Gasteiger partial charge in [-0.2, -0.15) is 0 Å². The predicted molar refractivity (Wildman–Crippen MR) is 173 cm³/mol. The van der Waals surface area contributed by atoms with Crippen LogP contribution < -0.4 is 0 Å². The molecule has 0 spiro atoms. The number of hydrogen-bond acceptors (Lipinski definition) is 2. The summed E-state index contributed by atoms with van der Waals surface area (Å²) in [5, 5.41) is 0. The van der Waals surface area contributed by atoms with Crippen molar-refractivity contribution in [3.63, 3.8) is 0 Å². The molecule has 1 aliphatic carbocycles. The summed E-state index contributed by atoms with van der Waals surface area (Å²) >= 11 is 2.10. The quantitative estimate of drug-likeness (QED) is 0.216. The fraction of sp³-hybridized carbons (Fsp3) is 0.103. The molecular formula is C39H28N2S. The van der Waals surface area contributed by atoms with Gasteiger partial charge in [0.25, 0.3) is 0 Å². The Kier molecular flexibility index (Phi) is 5.12. The molecule has 0 saturated carbocycles. The second kappa shape index (κ2) is 8.95. The van der Waals surface area contributed by atoms with E-state index in [-0.39, 0.29) is 21.5 Å². The average molecular weight is 557 g/mol.